The quantitative estimate of drug-likeness (QED) is 0.797. The molecule has 0 aliphatic carbocycles. The average Bonchev–Trinajstić information content (AvgIpc) is 2.75. The van der Waals surface area contributed by atoms with E-state index in [1.807, 2.05) is 0 Å². The molecule has 1 fully saturated rings. The molecule has 2 heterocycles. The third-order valence-electron chi connectivity index (χ3n) is 2.28. The topological polar surface area (TPSA) is 21.3 Å². The molecule has 1 aliphatic rings. The Bertz CT molecular complexity index is 229. The maximum atomic E-state index is 5.51. The van der Waals surface area contributed by atoms with Gasteiger partial charge in [0.05, 0.1) is 6.10 Å². The molecule has 1 saturated heterocycles. The van der Waals surface area contributed by atoms with Gasteiger partial charge in [0.2, 0.25) is 0 Å². The minimum Gasteiger partial charge on any atom is -0.377 e. The maximum Gasteiger partial charge on any atom is 0.0700 e. The summed E-state index contributed by atoms with van der Waals surface area (Å²) in [6.45, 7) is 2.93. The fraction of sp³-hybridized carbons (Fsp3) is 0.600. The number of rotatable bonds is 4. The Morgan fingerprint density at radius 1 is 1.62 bits per heavy atom. The highest BCUT2D eigenvalue weighted by molar-refractivity contribution is 7.09. The summed E-state index contributed by atoms with van der Waals surface area (Å²) in [5, 5.41) is 5.53. The van der Waals surface area contributed by atoms with Gasteiger partial charge in [0.25, 0.3) is 0 Å². The fourth-order valence-corrected chi connectivity index (χ4v) is 2.25. The Balaban J connectivity index is 1.63. The number of ether oxygens (including phenoxy) is 1. The molecular weight excluding hydrogens is 182 g/mol. The zero-order valence-corrected chi connectivity index (χ0v) is 8.48. The summed E-state index contributed by atoms with van der Waals surface area (Å²) in [4.78, 5) is 1.40. The van der Waals surface area contributed by atoms with Crippen molar-refractivity contribution < 1.29 is 4.74 Å². The van der Waals surface area contributed by atoms with Gasteiger partial charge in [0.1, 0.15) is 0 Å². The second kappa shape index (κ2) is 4.74. The molecule has 0 aromatic carbocycles. The van der Waals surface area contributed by atoms with E-state index in [2.05, 4.69) is 22.8 Å². The van der Waals surface area contributed by atoms with Crippen molar-refractivity contribution in [3.8, 4) is 0 Å². The third-order valence-corrected chi connectivity index (χ3v) is 3.15. The lowest BCUT2D eigenvalue weighted by Crippen LogP contribution is -2.25. The number of thiophene rings is 1. The van der Waals surface area contributed by atoms with Crippen LogP contribution in [0, 0.1) is 0 Å². The van der Waals surface area contributed by atoms with Gasteiger partial charge >= 0.3 is 0 Å². The molecule has 3 heteroatoms. The van der Waals surface area contributed by atoms with Gasteiger partial charge in [-0.05, 0) is 24.3 Å². The summed E-state index contributed by atoms with van der Waals surface area (Å²) in [7, 11) is 0. The highest BCUT2D eigenvalue weighted by Crippen LogP contribution is 2.11. The molecule has 1 atom stereocenters. The standard InChI is InChI=1S/C10H15NOS/c1-3-9(12-5-1)7-11-8-10-4-2-6-13-10/h2,4,6,9,11H,1,3,5,7-8H2/t9-/m1/s1. The fourth-order valence-electron chi connectivity index (χ4n) is 1.57. The van der Waals surface area contributed by atoms with E-state index in [0.29, 0.717) is 6.10 Å². The van der Waals surface area contributed by atoms with Crippen LogP contribution in [0.25, 0.3) is 0 Å². The van der Waals surface area contributed by atoms with Crippen molar-refractivity contribution in [2.75, 3.05) is 13.2 Å². The van der Waals surface area contributed by atoms with Crippen LogP contribution in [-0.4, -0.2) is 19.3 Å². The van der Waals surface area contributed by atoms with Gasteiger partial charge in [-0.3, -0.25) is 0 Å². The van der Waals surface area contributed by atoms with Crippen LogP contribution in [0.1, 0.15) is 17.7 Å². The molecule has 0 spiro atoms. The second-order valence-electron chi connectivity index (χ2n) is 3.35. The molecule has 1 aromatic rings. The van der Waals surface area contributed by atoms with Crippen molar-refractivity contribution in [1.82, 2.24) is 5.32 Å². The van der Waals surface area contributed by atoms with Gasteiger partial charge < -0.3 is 10.1 Å². The van der Waals surface area contributed by atoms with Gasteiger partial charge in [-0.1, -0.05) is 6.07 Å². The normalized spacial score (nSPS) is 22.3. The van der Waals surface area contributed by atoms with E-state index >= 15 is 0 Å². The van der Waals surface area contributed by atoms with Gasteiger partial charge in [-0.15, -0.1) is 11.3 Å². The third kappa shape index (κ3) is 2.79. The lowest BCUT2D eigenvalue weighted by Gasteiger charge is -2.09. The first-order valence-electron chi connectivity index (χ1n) is 4.80. The molecule has 1 aliphatic heterocycles. The Morgan fingerprint density at radius 3 is 3.31 bits per heavy atom. The Kier molecular flexibility index (Phi) is 3.35. The Hall–Kier alpha value is -0.380. The minimum atomic E-state index is 0.458. The van der Waals surface area contributed by atoms with Crippen LogP contribution < -0.4 is 5.32 Å². The van der Waals surface area contributed by atoms with Crippen molar-refractivity contribution in [1.29, 1.82) is 0 Å². The lowest BCUT2D eigenvalue weighted by molar-refractivity contribution is 0.110. The molecule has 0 amide bonds. The largest absolute Gasteiger partial charge is 0.377 e. The maximum absolute atomic E-state index is 5.51. The van der Waals surface area contributed by atoms with Crippen molar-refractivity contribution >= 4 is 11.3 Å². The summed E-state index contributed by atoms with van der Waals surface area (Å²) >= 11 is 1.80. The molecule has 0 saturated carbocycles. The van der Waals surface area contributed by atoms with Crippen LogP contribution in [0.2, 0.25) is 0 Å². The highest BCUT2D eigenvalue weighted by atomic mass is 32.1. The van der Waals surface area contributed by atoms with Crippen molar-refractivity contribution in [2.24, 2.45) is 0 Å². The first-order chi connectivity index (χ1) is 6.45. The van der Waals surface area contributed by atoms with E-state index in [4.69, 9.17) is 4.74 Å². The second-order valence-corrected chi connectivity index (χ2v) is 4.38. The predicted molar refractivity (Wildman–Crippen MR) is 55.0 cm³/mol. The molecule has 0 unspecified atom stereocenters. The van der Waals surface area contributed by atoms with Crippen molar-refractivity contribution in [2.45, 2.75) is 25.5 Å². The summed E-state index contributed by atoms with van der Waals surface area (Å²) in [5.41, 5.74) is 0. The van der Waals surface area contributed by atoms with E-state index in [9.17, 15) is 0 Å². The van der Waals surface area contributed by atoms with E-state index in [0.717, 1.165) is 19.7 Å². The van der Waals surface area contributed by atoms with Gasteiger partial charge in [-0.2, -0.15) is 0 Å². The smallest absolute Gasteiger partial charge is 0.0700 e. The molecule has 2 rings (SSSR count). The van der Waals surface area contributed by atoms with E-state index in [-0.39, 0.29) is 0 Å². The molecule has 1 aromatic heterocycles. The van der Waals surface area contributed by atoms with Crippen LogP contribution in [0.5, 0.6) is 0 Å². The molecule has 2 nitrogen and oxygen atoms in total. The summed E-state index contributed by atoms with van der Waals surface area (Å²) in [5.74, 6) is 0. The monoisotopic (exact) mass is 197 g/mol. The summed E-state index contributed by atoms with van der Waals surface area (Å²) in [6.07, 6.45) is 2.91. The van der Waals surface area contributed by atoms with Crippen LogP contribution >= 0.6 is 11.3 Å². The number of nitrogens with one attached hydrogen (secondary N) is 1. The zero-order valence-electron chi connectivity index (χ0n) is 7.66. The highest BCUT2D eigenvalue weighted by Gasteiger charge is 2.14. The van der Waals surface area contributed by atoms with E-state index in [1.165, 1.54) is 17.7 Å². The van der Waals surface area contributed by atoms with Crippen LogP contribution in [0.4, 0.5) is 0 Å². The summed E-state index contributed by atoms with van der Waals surface area (Å²) < 4.78 is 5.51. The zero-order chi connectivity index (χ0) is 8.93. The van der Waals surface area contributed by atoms with Gasteiger partial charge in [0.15, 0.2) is 0 Å². The van der Waals surface area contributed by atoms with E-state index in [1.54, 1.807) is 11.3 Å². The van der Waals surface area contributed by atoms with Gasteiger partial charge in [0, 0.05) is 24.6 Å². The van der Waals surface area contributed by atoms with Crippen LogP contribution in [0.3, 0.4) is 0 Å². The molecule has 72 valence electrons. The van der Waals surface area contributed by atoms with Crippen molar-refractivity contribution in [3.63, 3.8) is 0 Å². The molecule has 0 bridgehead atoms. The molecule has 13 heavy (non-hydrogen) atoms. The van der Waals surface area contributed by atoms with E-state index < -0.39 is 0 Å². The number of hydrogen-bond acceptors (Lipinski definition) is 3. The molecular formula is C10H15NOS. The molecule has 0 radical (unpaired) electrons. The predicted octanol–water partition coefficient (Wildman–Crippen LogP) is 2.02. The van der Waals surface area contributed by atoms with Crippen LogP contribution in [0.15, 0.2) is 17.5 Å². The number of hydrogen-bond donors (Lipinski definition) is 1. The SMILES string of the molecule is c1csc(CNC[C@H]2CCCO2)c1. The first kappa shape index (κ1) is 9.19. The van der Waals surface area contributed by atoms with Crippen molar-refractivity contribution in [3.05, 3.63) is 22.4 Å². The first-order valence-corrected chi connectivity index (χ1v) is 5.68. The summed E-state index contributed by atoms with van der Waals surface area (Å²) in [6, 6.07) is 4.25. The Labute approximate surface area is 82.9 Å². The van der Waals surface area contributed by atoms with Gasteiger partial charge in [-0.25, -0.2) is 0 Å². The van der Waals surface area contributed by atoms with Crippen LogP contribution in [-0.2, 0) is 11.3 Å². The minimum absolute atomic E-state index is 0.458. The average molecular weight is 197 g/mol. The Morgan fingerprint density at radius 2 is 2.62 bits per heavy atom. The molecule has 1 N–H and O–H groups in total. The lowest BCUT2D eigenvalue weighted by atomic mass is 10.2.